The SMILES string of the molecule is Cc1cc(OCC2(C(=O)O)CC2)ncc1-c1ccc(C2NC=C(C(F)(F)F)N2)c(F)c1. The van der Waals surface area contributed by atoms with Crippen LogP contribution in [0.5, 0.6) is 5.88 Å². The predicted octanol–water partition coefficient (Wildman–Crippen LogP) is 4.03. The molecule has 0 spiro atoms. The zero-order chi connectivity index (χ0) is 22.4. The maximum absolute atomic E-state index is 14.7. The number of carboxylic acid groups (broad SMARTS) is 1. The fourth-order valence-corrected chi connectivity index (χ4v) is 3.36. The first-order chi connectivity index (χ1) is 14.6. The number of carbonyl (C=O) groups is 1. The number of carboxylic acids is 1. The van der Waals surface area contributed by atoms with E-state index in [-0.39, 0.29) is 18.1 Å². The molecule has 3 N–H and O–H groups in total. The number of alkyl halides is 3. The van der Waals surface area contributed by atoms with E-state index in [0.29, 0.717) is 24.0 Å². The van der Waals surface area contributed by atoms with E-state index >= 15 is 0 Å². The lowest BCUT2D eigenvalue weighted by atomic mass is 10.0. The summed E-state index contributed by atoms with van der Waals surface area (Å²) in [5.74, 6) is -1.28. The van der Waals surface area contributed by atoms with Gasteiger partial charge in [0.05, 0.1) is 0 Å². The van der Waals surface area contributed by atoms with Crippen LogP contribution in [0, 0.1) is 18.2 Å². The van der Waals surface area contributed by atoms with Crippen molar-refractivity contribution in [1.29, 1.82) is 0 Å². The van der Waals surface area contributed by atoms with Crippen molar-refractivity contribution in [3.63, 3.8) is 0 Å². The summed E-state index contributed by atoms with van der Waals surface area (Å²) in [6.07, 6.45) is -2.17. The van der Waals surface area contributed by atoms with E-state index in [9.17, 15) is 27.5 Å². The van der Waals surface area contributed by atoms with E-state index in [1.165, 1.54) is 18.3 Å². The number of aliphatic carboxylic acids is 1. The van der Waals surface area contributed by atoms with Gasteiger partial charge in [-0.25, -0.2) is 9.37 Å². The minimum atomic E-state index is -4.55. The third kappa shape index (κ3) is 4.14. The van der Waals surface area contributed by atoms with Crippen molar-refractivity contribution in [2.75, 3.05) is 6.61 Å². The number of nitrogens with one attached hydrogen (secondary N) is 2. The summed E-state index contributed by atoms with van der Waals surface area (Å²) in [7, 11) is 0. The van der Waals surface area contributed by atoms with Crippen LogP contribution in [-0.4, -0.2) is 28.8 Å². The quantitative estimate of drug-likeness (QED) is 0.592. The number of hydrogen-bond donors (Lipinski definition) is 3. The highest BCUT2D eigenvalue weighted by Crippen LogP contribution is 2.46. The van der Waals surface area contributed by atoms with Gasteiger partial charge in [0.15, 0.2) is 0 Å². The van der Waals surface area contributed by atoms with Gasteiger partial charge in [-0.1, -0.05) is 12.1 Å². The van der Waals surface area contributed by atoms with Crippen molar-refractivity contribution in [3.8, 4) is 17.0 Å². The lowest BCUT2D eigenvalue weighted by molar-refractivity contribution is -0.144. The predicted molar refractivity (Wildman–Crippen MR) is 102 cm³/mol. The Bertz CT molecular complexity index is 1060. The zero-order valence-electron chi connectivity index (χ0n) is 16.4. The van der Waals surface area contributed by atoms with Crippen molar-refractivity contribution < 1.29 is 32.2 Å². The van der Waals surface area contributed by atoms with E-state index in [1.54, 1.807) is 19.1 Å². The monoisotopic (exact) mass is 437 g/mol. The molecule has 0 saturated heterocycles. The van der Waals surface area contributed by atoms with E-state index in [1.807, 2.05) is 0 Å². The molecule has 2 aliphatic rings. The van der Waals surface area contributed by atoms with Crippen molar-refractivity contribution in [1.82, 2.24) is 15.6 Å². The van der Waals surface area contributed by atoms with Gasteiger partial charge < -0.3 is 20.5 Å². The normalized spacial score (nSPS) is 19.3. The molecule has 0 bridgehead atoms. The lowest BCUT2D eigenvalue weighted by Gasteiger charge is -2.17. The van der Waals surface area contributed by atoms with Crippen molar-refractivity contribution >= 4 is 5.97 Å². The summed E-state index contributed by atoms with van der Waals surface area (Å²) in [4.78, 5) is 15.4. The van der Waals surface area contributed by atoms with Crippen LogP contribution in [0.25, 0.3) is 11.1 Å². The number of aromatic nitrogens is 1. The fourth-order valence-electron chi connectivity index (χ4n) is 3.36. The Kier molecular flexibility index (Phi) is 5.03. The van der Waals surface area contributed by atoms with Gasteiger partial charge in [0.2, 0.25) is 5.88 Å². The maximum Gasteiger partial charge on any atom is 0.432 e. The molecule has 4 rings (SSSR count). The third-order valence-electron chi connectivity index (χ3n) is 5.51. The zero-order valence-corrected chi connectivity index (χ0v) is 16.4. The number of halogens is 4. The van der Waals surface area contributed by atoms with Crippen molar-refractivity contribution in [2.24, 2.45) is 5.41 Å². The molecule has 0 amide bonds. The second-order valence-electron chi connectivity index (χ2n) is 7.75. The molecule has 1 atom stereocenters. The highest BCUT2D eigenvalue weighted by molar-refractivity contribution is 5.78. The molecule has 1 fully saturated rings. The number of benzene rings is 1. The minimum absolute atomic E-state index is 0.0345. The Morgan fingerprint density at radius 2 is 2.06 bits per heavy atom. The van der Waals surface area contributed by atoms with E-state index < -0.39 is 35.2 Å². The second-order valence-corrected chi connectivity index (χ2v) is 7.75. The average molecular weight is 437 g/mol. The minimum Gasteiger partial charge on any atom is -0.481 e. The Hall–Kier alpha value is -3.30. The number of aryl methyl sites for hydroxylation is 1. The molecule has 2 heterocycles. The number of rotatable bonds is 6. The van der Waals surface area contributed by atoms with E-state index in [4.69, 9.17) is 4.74 Å². The first kappa shape index (κ1) is 21.0. The van der Waals surface area contributed by atoms with Gasteiger partial charge in [-0.15, -0.1) is 0 Å². The molecule has 1 unspecified atom stereocenters. The summed E-state index contributed by atoms with van der Waals surface area (Å²) < 4.78 is 58.5. The number of nitrogens with zero attached hydrogens (tertiary/aromatic N) is 1. The van der Waals surface area contributed by atoms with E-state index in [0.717, 1.165) is 11.8 Å². The number of hydrogen-bond acceptors (Lipinski definition) is 5. The summed E-state index contributed by atoms with van der Waals surface area (Å²) in [5, 5.41) is 13.9. The van der Waals surface area contributed by atoms with Gasteiger partial charge in [-0.3, -0.25) is 4.79 Å². The molecule has 1 aromatic carbocycles. The van der Waals surface area contributed by atoms with Gasteiger partial charge in [0, 0.05) is 29.6 Å². The van der Waals surface area contributed by atoms with Crippen molar-refractivity contribution in [2.45, 2.75) is 32.1 Å². The van der Waals surface area contributed by atoms with Crippen LogP contribution in [-0.2, 0) is 4.79 Å². The Labute approximate surface area is 174 Å². The van der Waals surface area contributed by atoms with Crippen LogP contribution in [0.3, 0.4) is 0 Å². The molecule has 164 valence electrons. The molecular formula is C21H19F4N3O3. The molecule has 10 heteroatoms. The topological polar surface area (TPSA) is 83.5 Å². The highest BCUT2D eigenvalue weighted by Gasteiger charge is 2.51. The van der Waals surface area contributed by atoms with Crippen LogP contribution in [0.2, 0.25) is 0 Å². The van der Waals surface area contributed by atoms with Crippen LogP contribution >= 0.6 is 0 Å². The van der Waals surface area contributed by atoms with Crippen LogP contribution in [0.15, 0.2) is 42.4 Å². The maximum atomic E-state index is 14.7. The number of ether oxygens (including phenoxy) is 1. The van der Waals surface area contributed by atoms with E-state index in [2.05, 4.69) is 15.6 Å². The summed E-state index contributed by atoms with van der Waals surface area (Å²) in [6, 6.07) is 5.88. The first-order valence-corrected chi connectivity index (χ1v) is 9.52. The molecule has 0 radical (unpaired) electrons. The summed E-state index contributed by atoms with van der Waals surface area (Å²) in [5.41, 5.74) is 0.106. The molecule has 6 nitrogen and oxygen atoms in total. The number of allylic oxidation sites excluding steroid dienone is 1. The molecule has 1 aromatic heterocycles. The van der Waals surface area contributed by atoms with Gasteiger partial charge >= 0.3 is 12.1 Å². The molecule has 1 aliphatic carbocycles. The Morgan fingerprint density at radius 3 is 2.61 bits per heavy atom. The molecule has 31 heavy (non-hydrogen) atoms. The van der Waals surface area contributed by atoms with Gasteiger partial charge in [-0.2, -0.15) is 13.2 Å². The standard InChI is InChI=1S/C21H19F4N3O3/c1-11-6-17(31-10-20(4-5-20)19(29)30)26-8-14(11)12-2-3-13(15(22)7-12)18-27-9-16(28-18)21(23,24)25/h2-3,6-9,18,27-28H,4-5,10H2,1H3,(H,29,30). The van der Waals surface area contributed by atoms with Gasteiger partial charge in [0.25, 0.3) is 0 Å². The van der Waals surface area contributed by atoms with Crippen molar-refractivity contribution in [3.05, 3.63) is 59.3 Å². The smallest absolute Gasteiger partial charge is 0.432 e. The van der Waals surface area contributed by atoms with Gasteiger partial charge in [-0.05, 0) is 37.0 Å². The fraction of sp³-hybridized carbons (Fsp3) is 0.333. The molecular weight excluding hydrogens is 418 g/mol. The lowest BCUT2D eigenvalue weighted by Crippen LogP contribution is -2.28. The van der Waals surface area contributed by atoms with Gasteiger partial charge in [0.1, 0.15) is 29.7 Å². The van der Waals surface area contributed by atoms with Crippen LogP contribution in [0.4, 0.5) is 17.6 Å². The Morgan fingerprint density at radius 1 is 1.32 bits per heavy atom. The molecule has 1 saturated carbocycles. The first-order valence-electron chi connectivity index (χ1n) is 9.52. The third-order valence-corrected chi connectivity index (χ3v) is 5.51. The molecule has 1 aliphatic heterocycles. The largest absolute Gasteiger partial charge is 0.481 e. The second kappa shape index (κ2) is 7.44. The van der Waals surface area contributed by atoms with Crippen LogP contribution < -0.4 is 15.4 Å². The number of pyridine rings is 1. The molecule has 2 aromatic rings. The average Bonchev–Trinajstić information content (AvgIpc) is 3.33. The highest BCUT2D eigenvalue weighted by atomic mass is 19.4. The summed E-state index contributed by atoms with van der Waals surface area (Å²) >= 11 is 0. The Balaban J connectivity index is 1.48. The van der Waals surface area contributed by atoms with Crippen LogP contribution in [0.1, 0.15) is 30.1 Å². The summed E-state index contributed by atoms with van der Waals surface area (Å²) in [6.45, 7) is 1.81.